The third kappa shape index (κ3) is 3.76. The summed E-state index contributed by atoms with van der Waals surface area (Å²) in [5, 5.41) is 0. The molecule has 0 saturated carbocycles. The molecule has 0 radical (unpaired) electrons. The molecule has 0 bridgehead atoms. The Bertz CT molecular complexity index is 819. The fraction of sp³-hybridized carbons (Fsp3) is 0.609. The number of allylic oxidation sites excluding steroid dienone is 1. The van der Waals surface area contributed by atoms with Gasteiger partial charge in [0.15, 0.2) is 11.5 Å². The molecule has 2 heterocycles. The zero-order valence-electron chi connectivity index (χ0n) is 18.5. The van der Waals surface area contributed by atoms with Gasteiger partial charge < -0.3 is 24.0 Å². The first-order valence-corrected chi connectivity index (χ1v) is 10.8. The predicted octanol–water partition coefficient (Wildman–Crippen LogP) is 2.71. The molecule has 0 spiro atoms. The molecule has 1 aromatic rings. The molecular formula is C23H33N3O4. The lowest BCUT2D eigenvalue weighted by atomic mass is 9.68. The average molecular weight is 416 g/mol. The van der Waals surface area contributed by atoms with E-state index in [-0.39, 0.29) is 17.6 Å². The molecule has 0 N–H and O–H groups in total. The molecule has 2 unspecified atom stereocenters. The zero-order valence-corrected chi connectivity index (χ0v) is 18.5. The van der Waals surface area contributed by atoms with Crippen LogP contribution in [0.15, 0.2) is 30.0 Å². The number of carbonyl (C=O) groups excluding carboxylic acids is 1. The Kier molecular flexibility index (Phi) is 5.93. The number of hydrogen-bond donors (Lipinski definition) is 0. The summed E-state index contributed by atoms with van der Waals surface area (Å²) < 4.78 is 16.8. The van der Waals surface area contributed by atoms with Crippen molar-refractivity contribution in [2.75, 3.05) is 61.0 Å². The highest BCUT2D eigenvalue weighted by Gasteiger charge is 2.48. The molecule has 164 valence electrons. The molecule has 2 aliphatic heterocycles. The molecule has 2 saturated heterocycles. The number of benzene rings is 1. The van der Waals surface area contributed by atoms with Crippen LogP contribution in [0.5, 0.6) is 11.5 Å². The van der Waals surface area contributed by atoms with Crippen LogP contribution in [-0.4, -0.2) is 87.9 Å². The van der Waals surface area contributed by atoms with Crippen molar-refractivity contribution in [1.82, 2.24) is 14.7 Å². The molecule has 1 amide bonds. The Hall–Kier alpha value is -2.25. The van der Waals surface area contributed by atoms with Crippen LogP contribution in [-0.2, 0) is 10.2 Å². The van der Waals surface area contributed by atoms with E-state index in [2.05, 4.69) is 42.1 Å². The molecule has 4 rings (SSSR count). The molecule has 7 heteroatoms. The second kappa shape index (κ2) is 8.47. The van der Waals surface area contributed by atoms with Gasteiger partial charge in [0.05, 0.1) is 14.2 Å². The number of amides is 1. The van der Waals surface area contributed by atoms with Crippen LogP contribution >= 0.6 is 0 Å². The second-order valence-electron chi connectivity index (χ2n) is 8.69. The highest BCUT2D eigenvalue weighted by atomic mass is 16.6. The minimum atomic E-state index is -0.214. The maximum atomic E-state index is 12.7. The summed E-state index contributed by atoms with van der Waals surface area (Å²) in [6.45, 7) is 4.24. The van der Waals surface area contributed by atoms with Crippen LogP contribution in [0, 0.1) is 0 Å². The minimum absolute atomic E-state index is 0.00194. The van der Waals surface area contributed by atoms with Gasteiger partial charge in [-0.1, -0.05) is 6.07 Å². The summed E-state index contributed by atoms with van der Waals surface area (Å²) in [7, 11) is 7.56. The molecule has 7 nitrogen and oxygen atoms in total. The molecule has 1 aliphatic carbocycles. The first-order chi connectivity index (χ1) is 14.5. The maximum Gasteiger partial charge on any atom is 0.414 e. The van der Waals surface area contributed by atoms with Crippen molar-refractivity contribution in [3.05, 3.63) is 35.6 Å². The van der Waals surface area contributed by atoms with Crippen LogP contribution < -0.4 is 9.47 Å². The molecule has 2 fully saturated rings. The van der Waals surface area contributed by atoms with Gasteiger partial charge in [-0.05, 0) is 57.3 Å². The summed E-state index contributed by atoms with van der Waals surface area (Å²) >= 11 is 0. The largest absolute Gasteiger partial charge is 0.493 e. The normalized spacial score (nSPS) is 27.4. The topological polar surface area (TPSA) is 54.5 Å². The van der Waals surface area contributed by atoms with E-state index in [1.807, 2.05) is 11.0 Å². The van der Waals surface area contributed by atoms with Crippen molar-refractivity contribution in [3.63, 3.8) is 0 Å². The number of piperazine rings is 1. The van der Waals surface area contributed by atoms with Crippen molar-refractivity contribution in [2.45, 2.75) is 30.7 Å². The fourth-order valence-electron chi connectivity index (χ4n) is 5.11. The molecule has 30 heavy (non-hydrogen) atoms. The summed E-state index contributed by atoms with van der Waals surface area (Å²) in [6.07, 6.45) is 4.73. The van der Waals surface area contributed by atoms with Gasteiger partial charge in [-0.2, -0.15) is 0 Å². The van der Waals surface area contributed by atoms with E-state index in [0.29, 0.717) is 0 Å². The molecule has 3 aliphatic rings. The average Bonchev–Trinajstić information content (AvgIpc) is 3.11. The van der Waals surface area contributed by atoms with E-state index in [1.54, 1.807) is 14.2 Å². The van der Waals surface area contributed by atoms with Crippen molar-refractivity contribution >= 4 is 6.09 Å². The Labute approximate surface area is 179 Å². The van der Waals surface area contributed by atoms with E-state index < -0.39 is 0 Å². The number of nitrogens with zero attached hydrogens (tertiary/aromatic N) is 3. The SMILES string of the molecule is COc1ccc(C23CCC(OC(=O)N4CCN(C)CC4)=CC2N(C)CC3)cc1OC. The molecule has 0 aromatic heterocycles. The van der Waals surface area contributed by atoms with Gasteiger partial charge in [-0.15, -0.1) is 0 Å². The predicted molar refractivity (Wildman–Crippen MR) is 115 cm³/mol. The number of rotatable bonds is 4. The minimum Gasteiger partial charge on any atom is -0.493 e. The van der Waals surface area contributed by atoms with E-state index in [4.69, 9.17) is 14.2 Å². The standard InChI is InChI=1S/C23H33N3O4/c1-24-11-13-26(14-12-24)22(27)30-18-7-8-23(9-10-25(2)21(23)16-18)17-5-6-19(28-3)20(15-17)29-4/h5-6,15-16,21H,7-14H2,1-4H3. The van der Waals surface area contributed by atoms with Gasteiger partial charge in [-0.3, -0.25) is 4.90 Å². The van der Waals surface area contributed by atoms with Crippen LogP contribution in [0.3, 0.4) is 0 Å². The lowest BCUT2D eigenvalue weighted by molar-refractivity contribution is 0.0956. The summed E-state index contributed by atoms with van der Waals surface area (Å²) in [5.41, 5.74) is 1.26. The number of likely N-dealkylation sites (tertiary alicyclic amines) is 1. The van der Waals surface area contributed by atoms with E-state index >= 15 is 0 Å². The lowest BCUT2D eigenvalue weighted by Gasteiger charge is -2.40. The van der Waals surface area contributed by atoms with Crippen molar-refractivity contribution in [1.29, 1.82) is 0 Å². The summed E-state index contributed by atoms with van der Waals surface area (Å²) in [4.78, 5) is 19.1. The Morgan fingerprint density at radius 3 is 2.43 bits per heavy atom. The van der Waals surface area contributed by atoms with Crippen LogP contribution in [0.25, 0.3) is 0 Å². The number of hydrogen-bond acceptors (Lipinski definition) is 6. The van der Waals surface area contributed by atoms with Crippen LogP contribution in [0.2, 0.25) is 0 Å². The van der Waals surface area contributed by atoms with Crippen LogP contribution in [0.4, 0.5) is 4.79 Å². The van der Waals surface area contributed by atoms with Gasteiger partial charge in [0.25, 0.3) is 0 Å². The molecule has 1 aromatic carbocycles. The van der Waals surface area contributed by atoms with E-state index in [9.17, 15) is 4.79 Å². The third-order valence-corrected chi connectivity index (χ3v) is 7.05. The number of methoxy groups -OCH3 is 2. The monoisotopic (exact) mass is 415 g/mol. The van der Waals surface area contributed by atoms with Gasteiger partial charge in [0, 0.05) is 44.1 Å². The Morgan fingerprint density at radius 2 is 1.73 bits per heavy atom. The Morgan fingerprint density at radius 1 is 1.00 bits per heavy atom. The van der Waals surface area contributed by atoms with Gasteiger partial charge in [0.1, 0.15) is 5.76 Å². The first-order valence-electron chi connectivity index (χ1n) is 10.8. The van der Waals surface area contributed by atoms with Gasteiger partial charge in [-0.25, -0.2) is 4.79 Å². The number of ether oxygens (including phenoxy) is 3. The number of likely N-dealkylation sites (N-methyl/N-ethyl adjacent to an activating group) is 2. The number of carbonyl (C=O) groups is 1. The zero-order chi connectivity index (χ0) is 21.3. The van der Waals surface area contributed by atoms with Crippen molar-refractivity contribution in [2.24, 2.45) is 0 Å². The highest BCUT2D eigenvalue weighted by molar-refractivity contribution is 5.69. The lowest BCUT2D eigenvalue weighted by Crippen LogP contribution is -2.47. The quantitative estimate of drug-likeness (QED) is 0.754. The third-order valence-electron chi connectivity index (χ3n) is 7.05. The smallest absolute Gasteiger partial charge is 0.414 e. The maximum absolute atomic E-state index is 12.7. The Balaban J connectivity index is 1.55. The first kappa shape index (κ1) is 21.0. The van der Waals surface area contributed by atoms with E-state index in [1.165, 1.54) is 5.56 Å². The van der Waals surface area contributed by atoms with Crippen LogP contribution in [0.1, 0.15) is 24.8 Å². The summed E-state index contributed by atoms with van der Waals surface area (Å²) in [5.74, 6) is 2.30. The van der Waals surface area contributed by atoms with Crippen molar-refractivity contribution in [3.8, 4) is 11.5 Å². The second-order valence-corrected chi connectivity index (χ2v) is 8.69. The fourth-order valence-corrected chi connectivity index (χ4v) is 5.11. The summed E-state index contributed by atoms with van der Waals surface area (Å²) in [6, 6.07) is 6.45. The van der Waals surface area contributed by atoms with E-state index in [0.717, 1.165) is 69.2 Å². The van der Waals surface area contributed by atoms with Crippen molar-refractivity contribution < 1.29 is 19.0 Å². The van der Waals surface area contributed by atoms with Gasteiger partial charge >= 0.3 is 6.09 Å². The molecular weight excluding hydrogens is 382 g/mol. The molecule has 2 atom stereocenters. The number of fused-ring (bicyclic) bond motifs is 1. The highest BCUT2D eigenvalue weighted by Crippen LogP contribution is 2.49. The van der Waals surface area contributed by atoms with Gasteiger partial charge in [0.2, 0.25) is 0 Å².